The van der Waals surface area contributed by atoms with Gasteiger partial charge in [-0.3, -0.25) is 14.4 Å². The highest BCUT2D eigenvalue weighted by Gasteiger charge is 2.19. The van der Waals surface area contributed by atoms with E-state index in [1.54, 1.807) is 0 Å². The van der Waals surface area contributed by atoms with Crippen LogP contribution in [0.15, 0.2) is 109 Å². The van der Waals surface area contributed by atoms with Gasteiger partial charge in [-0.2, -0.15) is 0 Å². The fourth-order valence-corrected chi connectivity index (χ4v) is 8.71. The molecule has 0 heterocycles. The molecule has 0 amide bonds. The Morgan fingerprint density at radius 3 is 0.829 bits per heavy atom. The predicted octanol–water partition coefficient (Wildman–Crippen LogP) is 21.8. The van der Waals surface area contributed by atoms with Crippen molar-refractivity contribution in [2.24, 2.45) is 0 Å². The summed E-state index contributed by atoms with van der Waals surface area (Å²) in [5, 5.41) is 0. The van der Waals surface area contributed by atoms with E-state index in [4.69, 9.17) is 14.2 Å². The van der Waals surface area contributed by atoms with Crippen LogP contribution in [0.1, 0.15) is 297 Å². The number of allylic oxidation sites excluding steroid dienone is 18. The Balaban J connectivity index is 4.38. The van der Waals surface area contributed by atoms with Crippen LogP contribution in [0.25, 0.3) is 0 Å². The van der Waals surface area contributed by atoms with Crippen LogP contribution >= 0.6 is 0 Å². The molecule has 434 valence electrons. The van der Waals surface area contributed by atoms with E-state index in [1.165, 1.54) is 128 Å². The molecule has 0 rings (SSSR count). The molecule has 0 aliphatic heterocycles. The molecule has 0 aromatic rings. The third kappa shape index (κ3) is 60.9. The van der Waals surface area contributed by atoms with Gasteiger partial charge in [-0.1, -0.05) is 259 Å². The van der Waals surface area contributed by atoms with Crippen molar-refractivity contribution >= 4 is 17.9 Å². The van der Waals surface area contributed by atoms with Crippen molar-refractivity contribution in [3.63, 3.8) is 0 Å². The van der Waals surface area contributed by atoms with Gasteiger partial charge in [-0.05, 0) is 128 Å². The molecule has 0 saturated heterocycles. The Morgan fingerprint density at radius 1 is 0.276 bits per heavy atom. The van der Waals surface area contributed by atoms with E-state index in [1.807, 2.05) is 0 Å². The fraction of sp³-hybridized carbons (Fsp3) is 0.700. The van der Waals surface area contributed by atoms with E-state index in [2.05, 4.69) is 130 Å². The number of rotatable bonds is 57. The lowest BCUT2D eigenvalue weighted by Gasteiger charge is -2.18. The number of carbonyl (C=O) groups is 3. The van der Waals surface area contributed by atoms with Gasteiger partial charge in [0.15, 0.2) is 6.10 Å². The van der Waals surface area contributed by atoms with Crippen LogP contribution in [0.3, 0.4) is 0 Å². The van der Waals surface area contributed by atoms with Crippen LogP contribution in [-0.4, -0.2) is 37.2 Å². The molecular weight excluding hydrogens is 937 g/mol. The van der Waals surface area contributed by atoms with Crippen LogP contribution in [0.5, 0.6) is 0 Å². The predicted molar refractivity (Wildman–Crippen MR) is 330 cm³/mol. The van der Waals surface area contributed by atoms with Gasteiger partial charge in [0, 0.05) is 19.3 Å². The minimum Gasteiger partial charge on any atom is -0.462 e. The van der Waals surface area contributed by atoms with Gasteiger partial charge >= 0.3 is 17.9 Å². The molecule has 0 radical (unpaired) electrons. The normalized spacial score (nSPS) is 12.8. The first-order chi connectivity index (χ1) is 37.5. The molecule has 0 saturated carbocycles. The molecule has 0 aromatic heterocycles. The van der Waals surface area contributed by atoms with E-state index >= 15 is 0 Å². The van der Waals surface area contributed by atoms with Crippen molar-refractivity contribution in [3.8, 4) is 0 Å². The van der Waals surface area contributed by atoms with Gasteiger partial charge in [0.1, 0.15) is 13.2 Å². The number of hydrogen-bond donors (Lipinski definition) is 0. The Bertz CT molecular complexity index is 1540. The third-order valence-corrected chi connectivity index (χ3v) is 13.5. The highest BCUT2D eigenvalue weighted by Crippen LogP contribution is 2.15. The maximum absolute atomic E-state index is 12.9. The zero-order chi connectivity index (χ0) is 55.0. The first-order valence-electron chi connectivity index (χ1n) is 31.9. The number of hydrogen-bond acceptors (Lipinski definition) is 6. The third-order valence-electron chi connectivity index (χ3n) is 13.5. The zero-order valence-electron chi connectivity index (χ0n) is 49.7. The summed E-state index contributed by atoms with van der Waals surface area (Å²) in [6.07, 6.45) is 86.6. The van der Waals surface area contributed by atoms with Crippen LogP contribution in [0, 0.1) is 0 Å². The Kier molecular flexibility index (Phi) is 60.3. The maximum atomic E-state index is 12.9. The Hall–Kier alpha value is -3.93. The van der Waals surface area contributed by atoms with Gasteiger partial charge in [-0.15, -0.1) is 0 Å². The summed E-state index contributed by atoms with van der Waals surface area (Å²) in [6.45, 7) is 6.50. The second-order valence-electron chi connectivity index (χ2n) is 20.9. The SMILES string of the molecule is CC/C=C\C/C=C\C/C=C\C/C=C\C/C=C\C/C=C\C/C=C\CCCCCCCC(=O)OCC(COC(=O)CCCCCCC/C=C\CCCCCC)OC(=O)CCCCCCCCC/C=C\CCCCCCCCC. The standard InChI is InChI=1S/C70H118O6/c1-4-7-10-13-16-19-22-25-27-29-31-32-33-34-35-36-37-38-39-41-42-45-48-51-54-57-60-63-69(72)75-66-67(65-74-68(71)62-59-56-53-50-47-44-24-21-18-15-12-9-6-3)76-70(73)64-61-58-55-52-49-46-43-40-30-28-26-23-20-17-14-11-8-5-2/h7,10,16,19,21,24-25,27-28,30-32,34-35,37-38,41-42,67H,4-6,8-9,11-15,17-18,20,22-23,26,29,33,36,39-40,43-66H2,1-3H3/b10-7-,19-16-,24-21-,27-25-,30-28-,32-31-,35-34-,38-37-,42-41-. The summed E-state index contributed by atoms with van der Waals surface area (Å²) in [4.78, 5) is 38.3. The number of esters is 3. The number of unbranched alkanes of at least 4 members (excludes halogenated alkanes) is 28. The van der Waals surface area contributed by atoms with E-state index in [-0.39, 0.29) is 31.1 Å². The average molecular weight is 1060 g/mol. The number of ether oxygens (including phenoxy) is 3. The molecule has 76 heavy (non-hydrogen) atoms. The van der Waals surface area contributed by atoms with Crippen molar-refractivity contribution in [3.05, 3.63) is 109 Å². The highest BCUT2D eigenvalue weighted by atomic mass is 16.6. The van der Waals surface area contributed by atoms with E-state index < -0.39 is 6.10 Å². The second kappa shape index (κ2) is 63.6. The lowest BCUT2D eigenvalue weighted by molar-refractivity contribution is -0.167. The van der Waals surface area contributed by atoms with Crippen molar-refractivity contribution in [2.45, 2.75) is 303 Å². The lowest BCUT2D eigenvalue weighted by atomic mass is 10.1. The van der Waals surface area contributed by atoms with Gasteiger partial charge in [0.05, 0.1) is 0 Å². The molecular formula is C70H118O6. The molecule has 1 atom stereocenters. The molecule has 0 aliphatic rings. The fourth-order valence-electron chi connectivity index (χ4n) is 8.71. The Labute approximate surface area is 470 Å². The largest absolute Gasteiger partial charge is 0.462 e. The molecule has 0 N–H and O–H groups in total. The smallest absolute Gasteiger partial charge is 0.306 e. The van der Waals surface area contributed by atoms with Crippen LogP contribution in [0.4, 0.5) is 0 Å². The van der Waals surface area contributed by atoms with Gasteiger partial charge in [-0.25, -0.2) is 0 Å². The summed E-state index contributed by atoms with van der Waals surface area (Å²) < 4.78 is 16.9. The highest BCUT2D eigenvalue weighted by molar-refractivity contribution is 5.71. The molecule has 6 nitrogen and oxygen atoms in total. The maximum Gasteiger partial charge on any atom is 0.306 e. The summed E-state index contributed by atoms with van der Waals surface area (Å²) in [5.74, 6) is -0.916. The van der Waals surface area contributed by atoms with Crippen LogP contribution < -0.4 is 0 Å². The summed E-state index contributed by atoms with van der Waals surface area (Å²) in [7, 11) is 0. The number of carbonyl (C=O) groups excluding carboxylic acids is 3. The molecule has 0 aromatic carbocycles. The first kappa shape index (κ1) is 72.1. The van der Waals surface area contributed by atoms with Crippen molar-refractivity contribution in [1.29, 1.82) is 0 Å². The lowest BCUT2D eigenvalue weighted by Crippen LogP contribution is -2.30. The van der Waals surface area contributed by atoms with Crippen molar-refractivity contribution < 1.29 is 28.6 Å². The molecule has 0 aliphatic carbocycles. The Morgan fingerprint density at radius 2 is 0.513 bits per heavy atom. The summed E-state index contributed by atoms with van der Waals surface area (Å²) in [5.41, 5.74) is 0. The van der Waals surface area contributed by atoms with Crippen LogP contribution in [-0.2, 0) is 28.6 Å². The summed E-state index contributed by atoms with van der Waals surface area (Å²) in [6, 6.07) is 0. The quantitative estimate of drug-likeness (QED) is 0.0261. The molecule has 0 spiro atoms. The average Bonchev–Trinajstić information content (AvgIpc) is 3.42. The molecule has 0 bridgehead atoms. The van der Waals surface area contributed by atoms with E-state index in [9.17, 15) is 14.4 Å². The topological polar surface area (TPSA) is 78.9 Å². The minimum atomic E-state index is -0.794. The molecule has 1 unspecified atom stereocenters. The molecule has 6 heteroatoms. The second-order valence-corrected chi connectivity index (χ2v) is 20.9. The van der Waals surface area contributed by atoms with Crippen molar-refractivity contribution in [2.75, 3.05) is 13.2 Å². The first-order valence-corrected chi connectivity index (χ1v) is 31.9. The van der Waals surface area contributed by atoms with Gasteiger partial charge in [0.2, 0.25) is 0 Å². The van der Waals surface area contributed by atoms with Crippen LogP contribution in [0.2, 0.25) is 0 Å². The zero-order valence-corrected chi connectivity index (χ0v) is 49.7. The molecule has 0 fully saturated rings. The van der Waals surface area contributed by atoms with E-state index in [0.717, 1.165) is 128 Å². The van der Waals surface area contributed by atoms with E-state index in [0.29, 0.717) is 19.3 Å². The van der Waals surface area contributed by atoms with Crippen molar-refractivity contribution in [1.82, 2.24) is 0 Å². The monoisotopic (exact) mass is 1050 g/mol. The summed E-state index contributed by atoms with van der Waals surface area (Å²) >= 11 is 0. The van der Waals surface area contributed by atoms with Gasteiger partial charge in [0.25, 0.3) is 0 Å². The minimum absolute atomic E-state index is 0.0905. The van der Waals surface area contributed by atoms with Gasteiger partial charge < -0.3 is 14.2 Å².